The molecule has 2 amide bonds. The lowest BCUT2D eigenvalue weighted by Gasteiger charge is -2.35. The molecule has 0 bridgehead atoms. The summed E-state index contributed by atoms with van der Waals surface area (Å²) in [7, 11) is 1.67. The number of fused-ring (bicyclic) bond motifs is 1. The van der Waals surface area contributed by atoms with Crippen LogP contribution in [0.4, 0.5) is 5.69 Å². The number of carbonyl (C=O) groups excluding carboxylic acids is 2. The van der Waals surface area contributed by atoms with Gasteiger partial charge in [0.1, 0.15) is 5.75 Å². The number of ether oxygens (including phenoxy) is 1. The average molecular weight is 379 g/mol. The minimum Gasteiger partial charge on any atom is -0.497 e. The second-order valence-corrected chi connectivity index (χ2v) is 7.34. The van der Waals surface area contributed by atoms with Gasteiger partial charge in [0.2, 0.25) is 5.91 Å². The molecule has 0 radical (unpaired) electrons. The molecule has 2 aromatic carbocycles. The molecule has 0 aromatic heterocycles. The number of rotatable bonds is 4. The van der Waals surface area contributed by atoms with E-state index in [0.717, 1.165) is 49.7 Å². The Hall–Kier alpha value is -2.86. The molecule has 2 aromatic rings. The Balaban J connectivity index is 1.34. The monoisotopic (exact) mass is 379 g/mol. The molecule has 0 atom stereocenters. The highest BCUT2D eigenvalue weighted by atomic mass is 16.5. The van der Waals surface area contributed by atoms with Crippen LogP contribution in [0.5, 0.6) is 5.75 Å². The van der Waals surface area contributed by atoms with Gasteiger partial charge in [-0.25, -0.2) is 0 Å². The second kappa shape index (κ2) is 8.02. The number of nitrogens with one attached hydrogen (secondary N) is 1. The SMILES string of the molecule is COc1ccc(CN2CCN(C(=O)c3ccc4c(c3)CCC(=O)N4)CC2)cc1. The van der Waals surface area contributed by atoms with Crippen LogP contribution in [0, 0.1) is 0 Å². The number of hydrogen-bond acceptors (Lipinski definition) is 4. The molecule has 6 nitrogen and oxygen atoms in total. The highest BCUT2D eigenvalue weighted by Crippen LogP contribution is 2.24. The number of piperazine rings is 1. The lowest BCUT2D eigenvalue weighted by atomic mass is 10.00. The second-order valence-electron chi connectivity index (χ2n) is 7.34. The number of amides is 2. The van der Waals surface area contributed by atoms with Crippen LogP contribution in [0.15, 0.2) is 42.5 Å². The molecule has 0 aliphatic carbocycles. The molecule has 0 spiro atoms. The van der Waals surface area contributed by atoms with Crippen molar-refractivity contribution in [1.82, 2.24) is 9.80 Å². The van der Waals surface area contributed by atoms with Crippen LogP contribution in [0.25, 0.3) is 0 Å². The third-order valence-electron chi connectivity index (χ3n) is 5.47. The van der Waals surface area contributed by atoms with Gasteiger partial charge in [0.05, 0.1) is 7.11 Å². The summed E-state index contributed by atoms with van der Waals surface area (Å²) in [4.78, 5) is 28.7. The van der Waals surface area contributed by atoms with Crippen molar-refractivity contribution >= 4 is 17.5 Å². The molecule has 4 rings (SSSR count). The molecule has 0 unspecified atom stereocenters. The van der Waals surface area contributed by atoms with Crippen molar-refractivity contribution in [3.8, 4) is 5.75 Å². The van der Waals surface area contributed by atoms with Crippen LogP contribution < -0.4 is 10.1 Å². The van der Waals surface area contributed by atoms with Crippen LogP contribution in [0.1, 0.15) is 27.9 Å². The smallest absolute Gasteiger partial charge is 0.253 e. The number of carbonyl (C=O) groups is 2. The van der Waals surface area contributed by atoms with E-state index in [9.17, 15) is 9.59 Å². The summed E-state index contributed by atoms with van der Waals surface area (Å²) in [6.07, 6.45) is 1.17. The molecule has 2 aliphatic rings. The van der Waals surface area contributed by atoms with Crippen molar-refractivity contribution in [3.05, 3.63) is 59.2 Å². The van der Waals surface area contributed by atoms with E-state index in [0.29, 0.717) is 18.4 Å². The summed E-state index contributed by atoms with van der Waals surface area (Å²) < 4.78 is 5.20. The van der Waals surface area contributed by atoms with Crippen molar-refractivity contribution < 1.29 is 14.3 Å². The van der Waals surface area contributed by atoms with Crippen LogP contribution >= 0.6 is 0 Å². The Morgan fingerprint density at radius 1 is 1.04 bits per heavy atom. The molecule has 2 aliphatic heterocycles. The molecule has 1 N–H and O–H groups in total. The zero-order chi connectivity index (χ0) is 19.5. The van der Waals surface area contributed by atoms with Gasteiger partial charge in [-0.05, 0) is 47.9 Å². The number of methoxy groups -OCH3 is 1. The Bertz CT molecular complexity index is 871. The minimum absolute atomic E-state index is 0.0413. The summed E-state index contributed by atoms with van der Waals surface area (Å²) in [6.45, 7) is 4.05. The van der Waals surface area contributed by atoms with Gasteiger partial charge in [-0.1, -0.05) is 12.1 Å². The predicted molar refractivity (Wildman–Crippen MR) is 108 cm³/mol. The summed E-state index contributed by atoms with van der Waals surface area (Å²) in [5.41, 5.74) is 3.83. The third-order valence-corrected chi connectivity index (χ3v) is 5.47. The molecule has 1 fully saturated rings. The molecule has 28 heavy (non-hydrogen) atoms. The summed E-state index contributed by atoms with van der Waals surface area (Å²) in [5, 5.41) is 2.86. The number of nitrogens with zero attached hydrogens (tertiary/aromatic N) is 2. The van der Waals surface area contributed by atoms with Gasteiger partial charge < -0.3 is 15.0 Å². The van der Waals surface area contributed by atoms with E-state index in [-0.39, 0.29) is 11.8 Å². The lowest BCUT2D eigenvalue weighted by molar-refractivity contribution is -0.116. The molecular formula is C22H25N3O3. The Kier molecular flexibility index (Phi) is 5.30. The molecule has 1 saturated heterocycles. The molecule has 146 valence electrons. The first-order chi connectivity index (χ1) is 13.6. The predicted octanol–water partition coefficient (Wildman–Crippen LogP) is 2.54. The van der Waals surface area contributed by atoms with Crippen LogP contribution in [-0.4, -0.2) is 54.9 Å². The van der Waals surface area contributed by atoms with Gasteiger partial charge in [-0.2, -0.15) is 0 Å². The van der Waals surface area contributed by atoms with E-state index in [1.165, 1.54) is 5.56 Å². The van der Waals surface area contributed by atoms with Crippen molar-refractivity contribution in [3.63, 3.8) is 0 Å². The van der Waals surface area contributed by atoms with Gasteiger partial charge in [0, 0.05) is 50.4 Å². The summed E-state index contributed by atoms with van der Waals surface area (Å²) in [5.74, 6) is 0.979. The van der Waals surface area contributed by atoms with Gasteiger partial charge in [-0.3, -0.25) is 14.5 Å². The van der Waals surface area contributed by atoms with Gasteiger partial charge >= 0.3 is 0 Å². The highest BCUT2D eigenvalue weighted by molar-refractivity contribution is 5.98. The molecule has 0 saturated carbocycles. The first kappa shape index (κ1) is 18.5. The quantitative estimate of drug-likeness (QED) is 0.887. The average Bonchev–Trinajstić information content (AvgIpc) is 2.74. The largest absolute Gasteiger partial charge is 0.497 e. The fraction of sp³-hybridized carbons (Fsp3) is 0.364. The van der Waals surface area contributed by atoms with E-state index in [4.69, 9.17) is 4.74 Å². The van der Waals surface area contributed by atoms with Crippen molar-refractivity contribution in [2.24, 2.45) is 0 Å². The topological polar surface area (TPSA) is 61.9 Å². The van der Waals surface area contributed by atoms with Crippen molar-refractivity contribution in [2.45, 2.75) is 19.4 Å². The standard InChI is InChI=1S/C22H25N3O3/c1-28-19-6-2-16(3-7-19)15-24-10-12-25(13-11-24)22(27)18-4-8-20-17(14-18)5-9-21(26)23-20/h2-4,6-8,14H,5,9-13,15H2,1H3,(H,23,26). The number of anilines is 1. The minimum atomic E-state index is 0.0413. The van der Waals surface area contributed by atoms with Gasteiger partial charge in [0.15, 0.2) is 0 Å². The maximum atomic E-state index is 12.9. The Morgan fingerprint density at radius 2 is 1.79 bits per heavy atom. The fourth-order valence-electron chi connectivity index (χ4n) is 3.80. The Labute approximate surface area is 165 Å². The van der Waals surface area contributed by atoms with E-state index in [1.54, 1.807) is 7.11 Å². The third kappa shape index (κ3) is 4.02. The normalized spacial score (nSPS) is 17.0. The lowest BCUT2D eigenvalue weighted by Crippen LogP contribution is -2.48. The van der Waals surface area contributed by atoms with Crippen molar-refractivity contribution in [2.75, 3.05) is 38.6 Å². The maximum absolute atomic E-state index is 12.9. The zero-order valence-corrected chi connectivity index (χ0v) is 16.1. The highest BCUT2D eigenvalue weighted by Gasteiger charge is 2.23. The zero-order valence-electron chi connectivity index (χ0n) is 16.1. The van der Waals surface area contributed by atoms with E-state index in [2.05, 4.69) is 22.3 Å². The molecular weight excluding hydrogens is 354 g/mol. The van der Waals surface area contributed by atoms with Gasteiger partial charge in [0.25, 0.3) is 5.91 Å². The number of benzene rings is 2. The summed E-state index contributed by atoms with van der Waals surface area (Å²) in [6, 6.07) is 13.7. The van der Waals surface area contributed by atoms with Crippen LogP contribution in [0.3, 0.4) is 0 Å². The van der Waals surface area contributed by atoms with Gasteiger partial charge in [-0.15, -0.1) is 0 Å². The first-order valence-corrected chi connectivity index (χ1v) is 9.70. The first-order valence-electron chi connectivity index (χ1n) is 9.70. The molecule has 2 heterocycles. The molecule has 6 heteroatoms. The van der Waals surface area contributed by atoms with Crippen molar-refractivity contribution in [1.29, 1.82) is 0 Å². The van der Waals surface area contributed by atoms with E-state index in [1.807, 2.05) is 35.2 Å². The maximum Gasteiger partial charge on any atom is 0.253 e. The van der Waals surface area contributed by atoms with E-state index < -0.39 is 0 Å². The summed E-state index contributed by atoms with van der Waals surface area (Å²) >= 11 is 0. The fourth-order valence-corrected chi connectivity index (χ4v) is 3.80. The van der Waals surface area contributed by atoms with Crippen LogP contribution in [-0.2, 0) is 17.8 Å². The number of aryl methyl sites for hydroxylation is 1. The number of hydrogen-bond donors (Lipinski definition) is 1. The van der Waals surface area contributed by atoms with Crippen LogP contribution in [0.2, 0.25) is 0 Å². The Morgan fingerprint density at radius 3 is 2.50 bits per heavy atom. The van der Waals surface area contributed by atoms with E-state index >= 15 is 0 Å².